The largest absolute Gasteiger partial charge is 0.497 e. The molecule has 1 heterocycles. The molecule has 0 spiro atoms. The lowest BCUT2D eigenvalue weighted by Crippen LogP contribution is -2.53. The molecular formula is C27H26IN3O5. The van der Waals surface area contributed by atoms with Gasteiger partial charge in [-0.1, -0.05) is 12.7 Å². The number of benzene rings is 3. The van der Waals surface area contributed by atoms with E-state index in [2.05, 4.69) is 39.9 Å². The number of fused-ring (bicyclic) bond motifs is 1. The van der Waals surface area contributed by atoms with Crippen LogP contribution in [0.3, 0.4) is 0 Å². The Morgan fingerprint density at radius 3 is 2.56 bits per heavy atom. The molecular weight excluding hydrogens is 573 g/mol. The molecule has 0 bridgehead atoms. The van der Waals surface area contributed by atoms with E-state index in [9.17, 15) is 9.59 Å². The zero-order chi connectivity index (χ0) is 25.7. The molecule has 0 saturated heterocycles. The number of halogens is 1. The number of carbonyl (C=O) groups is 2. The zero-order valence-corrected chi connectivity index (χ0v) is 22.1. The molecule has 36 heavy (non-hydrogen) atoms. The number of ether oxygens (including phenoxy) is 3. The first kappa shape index (κ1) is 25.4. The summed E-state index contributed by atoms with van der Waals surface area (Å²) in [7, 11) is 1.57. The Morgan fingerprint density at radius 2 is 1.86 bits per heavy atom. The highest BCUT2D eigenvalue weighted by Gasteiger charge is 2.36. The monoisotopic (exact) mass is 599 g/mol. The molecule has 3 aromatic rings. The topological polar surface area (TPSA) is 89.1 Å². The van der Waals surface area contributed by atoms with E-state index in [4.69, 9.17) is 14.2 Å². The Balaban J connectivity index is 1.71. The van der Waals surface area contributed by atoms with Crippen molar-refractivity contribution in [2.75, 3.05) is 25.6 Å². The molecule has 0 radical (unpaired) electrons. The fourth-order valence-corrected chi connectivity index (χ4v) is 4.29. The van der Waals surface area contributed by atoms with E-state index in [1.54, 1.807) is 61.7 Å². The van der Waals surface area contributed by atoms with Crippen molar-refractivity contribution in [1.82, 2.24) is 10.4 Å². The van der Waals surface area contributed by atoms with Crippen LogP contribution >= 0.6 is 22.6 Å². The van der Waals surface area contributed by atoms with Crippen LogP contribution in [0.2, 0.25) is 0 Å². The number of methoxy groups -OCH3 is 1. The summed E-state index contributed by atoms with van der Waals surface area (Å²) in [4.78, 5) is 26.9. The third-order valence-corrected chi connectivity index (χ3v) is 6.17. The number of carbonyl (C=O) groups excluding carboxylic acids is 2. The molecule has 2 amide bonds. The van der Waals surface area contributed by atoms with Crippen molar-refractivity contribution in [1.29, 1.82) is 0 Å². The van der Waals surface area contributed by atoms with Crippen LogP contribution in [0.25, 0.3) is 0 Å². The minimum atomic E-state index is -0.749. The summed E-state index contributed by atoms with van der Waals surface area (Å²) in [5, 5.41) is 4.67. The summed E-state index contributed by atoms with van der Waals surface area (Å²) in [5.41, 5.74) is 4.91. The highest BCUT2D eigenvalue weighted by atomic mass is 127. The van der Waals surface area contributed by atoms with Crippen molar-refractivity contribution in [3.05, 3.63) is 93.6 Å². The first-order valence-electron chi connectivity index (χ1n) is 11.3. The average Bonchev–Trinajstić information content (AvgIpc) is 2.90. The van der Waals surface area contributed by atoms with Crippen molar-refractivity contribution in [2.24, 2.45) is 0 Å². The molecule has 0 aromatic heterocycles. The molecule has 0 fully saturated rings. The summed E-state index contributed by atoms with van der Waals surface area (Å²) in [6, 6.07) is 17.6. The van der Waals surface area contributed by atoms with Crippen LogP contribution in [0, 0.1) is 3.57 Å². The molecule has 0 aliphatic carbocycles. The average molecular weight is 599 g/mol. The van der Waals surface area contributed by atoms with Crippen molar-refractivity contribution >= 4 is 40.1 Å². The van der Waals surface area contributed by atoms with Gasteiger partial charge < -0.3 is 19.5 Å². The summed E-state index contributed by atoms with van der Waals surface area (Å²) >= 11 is 2.15. The molecule has 3 aromatic carbocycles. The predicted molar refractivity (Wildman–Crippen MR) is 145 cm³/mol. The number of nitrogens with one attached hydrogen (secondary N) is 2. The van der Waals surface area contributed by atoms with Gasteiger partial charge in [0, 0.05) is 20.4 Å². The predicted octanol–water partition coefficient (Wildman–Crippen LogP) is 5.17. The highest BCUT2D eigenvalue weighted by Crippen LogP contribution is 2.38. The summed E-state index contributed by atoms with van der Waals surface area (Å²) in [5.74, 6) is 0.983. The SMILES string of the molecule is C=CCOc1ccc(C(=O)NN2C(=O)c3cc(I)ccc3N[C@H]2c2cc(OC)ccc2OCC)cc1. The van der Waals surface area contributed by atoms with E-state index in [0.717, 1.165) is 3.57 Å². The minimum Gasteiger partial charge on any atom is -0.497 e. The van der Waals surface area contributed by atoms with Gasteiger partial charge in [-0.3, -0.25) is 15.0 Å². The maximum atomic E-state index is 13.7. The summed E-state index contributed by atoms with van der Waals surface area (Å²) in [6.45, 7) is 6.30. The number of anilines is 1. The second-order valence-electron chi connectivity index (χ2n) is 7.81. The maximum Gasteiger partial charge on any atom is 0.276 e. The smallest absolute Gasteiger partial charge is 0.276 e. The number of hydrazine groups is 1. The Labute approximate surface area is 223 Å². The van der Waals surface area contributed by atoms with Gasteiger partial charge in [-0.2, -0.15) is 0 Å². The molecule has 2 N–H and O–H groups in total. The van der Waals surface area contributed by atoms with Gasteiger partial charge in [0.1, 0.15) is 23.9 Å². The number of hydrogen-bond donors (Lipinski definition) is 2. The van der Waals surface area contributed by atoms with E-state index in [1.807, 2.05) is 19.1 Å². The third kappa shape index (κ3) is 5.40. The molecule has 4 rings (SSSR count). The summed E-state index contributed by atoms with van der Waals surface area (Å²) < 4.78 is 17.7. The second kappa shape index (κ2) is 11.3. The first-order valence-corrected chi connectivity index (χ1v) is 12.4. The van der Waals surface area contributed by atoms with Crippen LogP contribution in [-0.4, -0.2) is 37.1 Å². The quantitative estimate of drug-likeness (QED) is 0.261. The number of amides is 2. The lowest BCUT2D eigenvalue weighted by Gasteiger charge is -2.38. The lowest BCUT2D eigenvalue weighted by atomic mass is 10.0. The zero-order valence-electron chi connectivity index (χ0n) is 19.9. The maximum absolute atomic E-state index is 13.7. The Hall–Kier alpha value is -3.73. The highest BCUT2D eigenvalue weighted by molar-refractivity contribution is 14.1. The van der Waals surface area contributed by atoms with Crippen LogP contribution in [0.5, 0.6) is 17.2 Å². The van der Waals surface area contributed by atoms with Gasteiger partial charge in [-0.25, -0.2) is 5.01 Å². The van der Waals surface area contributed by atoms with Crippen LogP contribution in [0.4, 0.5) is 5.69 Å². The first-order chi connectivity index (χ1) is 17.4. The van der Waals surface area contributed by atoms with Crippen molar-refractivity contribution in [3.63, 3.8) is 0 Å². The Bertz CT molecular complexity index is 1280. The lowest BCUT2D eigenvalue weighted by molar-refractivity contribution is 0.0487. The van der Waals surface area contributed by atoms with Crippen LogP contribution in [0.15, 0.2) is 73.3 Å². The second-order valence-corrected chi connectivity index (χ2v) is 9.06. The van der Waals surface area contributed by atoms with E-state index < -0.39 is 12.1 Å². The van der Waals surface area contributed by atoms with Gasteiger partial charge >= 0.3 is 0 Å². The van der Waals surface area contributed by atoms with E-state index >= 15 is 0 Å². The van der Waals surface area contributed by atoms with Gasteiger partial charge in [0.25, 0.3) is 11.8 Å². The molecule has 8 nitrogen and oxygen atoms in total. The molecule has 1 atom stereocenters. The number of rotatable bonds is 9. The number of hydrogen-bond acceptors (Lipinski definition) is 6. The third-order valence-electron chi connectivity index (χ3n) is 5.50. The van der Waals surface area contributed by atoms with Gasteiger partial charge in [-0.05, 0) is 90.2 Å². The Morgan fingerprint density at radius 1 is 1.11 bits per heavy atom. The standard InChI is InChI=1S/C27H26IN3O5/c1-4-14-36-19-9-6-17(7-10-19)26(32)30-31-25(22-16-20(34-3)11-13-24(22)35-5-2)29-23-12-8-18(28)15-21(23)27(31)33/h4,6-13,15-16,25,29H,1,5,14H2,2-3H3,(H,30,32)/t25-/m1/s1. The minimum absolute atomic E-state index is 0.350. The Kier molecular flexibility index (Phi) is 7.99. The van der Waals surface area contributed by atoms with E-state index in [0.29, 0.717) is 52.8 Å². The van der Waals surface area contributed by atoms with E-state index in [1.165, 1.54) is 5.01 Å². The fourth-order valence-electron chi connectivity index (χ4n) is 3.80. The van der Waals surface area contributed by atoms with Gasteiger partial charge in [0.2, 0.25) is 0 Å². The fraction of sp³-hybridized carbons (Fsp3) is 0.185. The molecule has 0 saturated carbocycles. The van der Waals surface area contributed by atoms with Gasteiger partial charge in [0.05, 0.1) is 19.3 Å². The van der Waals surface area contributed by atoms with Crippen LogP contribution in [0.1, 0.15) is 39.4 Å². The summed E-state index contributed by atoms with van der Waals surface area (Å²) in [6.07, 6.45) is 0.893. The number of nitrogens with zero attached hydrogens (tertiary/aromatic N) is 1. The van der Waals surface area contributed by atoms with Crippen LogP contribution < -0.4 is 25.0 Å². The molecule has 1 aliphatic rings. The van der Waals surface area contributed by atoms with Gasteiger partial charge in [0.15, 0.2) is 6.17 Å². The molecule has 186 valence electrons. The van der Waals surface area contributed by atoms with Gasteiger partial charge in [-0.15, -0.1) is 0 Å². The van der Waals surface area contributed by atoms with E-state index in [-0.39, 0.29) is 5.91 Å². The molecule has 0 unspecified atom stereocenters. The van der Waals surface area contributed by atoms with Crippen molar-refractivity contribution < 1.29 is 23.8 Å². The van der Waals surface area contributed by atoms with Crippen molar-refractivity contribution in [2.45, 2.75) is 13.1 Å². The van der Waals surface area contributed by atoms with Crippen LogP contribution in [-0.2, 0) is 0 Å². The molecule has 9 heteroatoms. The normalized spacial score (nSPS) is 14.4. The molecule has 1 aliphatic heterocycles. The van der Waals surface area contributed by atoms with Crippen molar-refractivity contribution in [3.8, 4) is 17.2 Å².